The van der Waals surface area contributed by atoms with Crippen molar-refractivity contribution in [3.05, 3.63) is 65.2 Å². The van der Waals surface area contributed by atoms with Crippen molar-refractivity contribution in [2.45, 2.75) is 6.42 Å². The highest BCUT2D eigenvalue weighted by atomic mass is 35.5. The second-order valence-electron chi connectivity index (χ2n) is 6.29. The van der Waals surface area contributed by atoms with Gasteiger partial charge in [-0.05, 0) is 48.1 Å². The van der Waals surface area contributed by atoms with Gasteiger partial charge in [0, 0.05) is 30.3 Å². The van der Waals surface area contributed by atoms with Crippen LogP contribution in [0.25, 0.3) is 0 Å². The van der Waals surface area contributed by atoms with Gasteiger partial charge in [-0.1, -0.05) is 41.9 Å². The van der Waals surface area contributed by atoms with Crippen LogP contribution in [0.5, 0.6) is 0 Å². The number of hydrogen-bond donors (Lipinski definition) is 2. The smallest absolute Gasteiger partial charge is 0.407 e. The first-order valence-electron chi connectivity index (χ1n) is 8.13. The first kappa shape index (κ1) is 16.7. The Labute approximate surface area is 147 Å². The monoisotopic (exact) mass is 344 g/mol. The number of hydrogen-bond acceptors (Lipinski definition) is 2. The van der Waals surface area contributed by atoms with E-state index in [0.717, 1.165) is 18.7 Å². The Bertz CT molecular complexity index is 676. The lowest BCUT2D eigenvalue weighted by Gasteiger charge is -2.19. The fraction of sp³-hybridized carbons (Fsp3) is 0.316. The molecule has 2 aromatic carbocycles. The average Bonchev–Trinajstić information content (AvgIpc) is 2.98. The minimum atomic E-state index is -0.831. The largest absolute Gasteiger partial charge is 0.465 e. The minimum absolute atomic E-state index is 0.289. The molecule has 0 radical (unpaired) electrons. The van der Waals surface area contributed by atoms with E-state index in [0.29, 0.717) is 24.0 Å². The van der Waals surface area contributed by atoms with Crippen LogP contribution in [0.2, 0.25) is 5.02 Å². The van der Waals surface area contributed by atoms with Crippen LogP contribution in [0.3, 0.4) is 0 Å². The highest BCUT2D eigenvalue weighted by Crippen LogP contribution is 2.27. The number of anilines is 1. The Morgan fingerprint density at radius 1 is 1.08 bits per heavy atom. The average molecular weight is 345 g/mol. The van der Waals surface area contributed by atoms with E-state index in [2.05, 4.69) is 17.4 Å². The van der Waals surface area contributed by atoms with Crippen molar-refractivity contribution in [3.8, 4) is 0 Å². The third-order valence-electron chi connectivity index (χ3n) is 4.60. The van der Waals surface area contributed by atoms with Crippen molar-refractivity contribution in [3.63, 3.8) is 0 Å². The highest BCUT2D eigenvalue weighted by molar-refractivity contribution is 6.30. The van der Waals surface area contributed by atoms with Gasteiger partial charge in [-0.3, -0.25) is 0 Å². The quantitative estimate of drug-likeness (QED) is 0.853. The zero-order valence-electron chi connectivity index (χ0n) is 13.4. The number of likely N-dealkylation sites (tertiary alicyclic amines) is 1. The maximum atomic E-state index is 11.3. The highest BCUT2D eigenvalue weighted by Gasteiger charge is 2.34. The lowest BCUT2D eigenvalue weighted by atomic mass is 9.89. The van der Waals surface area contributed by atoms with E-state index in [1.165, 1.54) is 10.5 Å². The number of amides is 1. The predicted molar refractivity (Wildman–Crippen MR) is 96.7 cm³/mol. The second kappa shape index (κ2) is 7.58. The van der Waals surface area contributed by atoms with Crippen molar-refractivity contribution < 1.29 is 9.90 Å². The molecule has 1 aliphatic heterocycles. The number of nitrogens with zero attached hydrogens (tertiary/aromatic N) is 1. The van der Waals surface area contributed by atoms with E-state index in [9.17, 15) is 9.90 Å². The minimum Gasteiger partial charge on any atom is -0.465 e. The molecule has 0 bridgehead atoms. The molecular formula is C19H21ClN2O2. The van der Waals surface area contributed by atoms with Gasteiger partial charge in [0.15, 0.2) is 0 Å². The third-order valence-corrected chi connectivity index (χ3v) is 4.85. The summed E-state index contributed by atoms with van der Waals surface area (Å²) in [6.07, 6.45) is 0.0690. The van der Waals surface area contributed by atoms with E-state index in [1.54, 1.807) is 0 Å². The van der Waals surface area contributed by atoms with Crippen molar-refractivity contribution >= 4 is 23.4 Å². The SMILES string of the molecule is O=C(O)N1CC(CNc2ccc(Cl)cc2)C(Cc2ccccc2)C1. The van der Waals surface area contributed by atoms with Crippen LogP contribution in [-0.4, -0.2) is 35.7 Å². The molecule has 1 heterocycles. The molecule has 0 saturated carbocycles. The Kier molecular flexibility index (Phi) is 5.26. The molecule has 0 spiro atoms. The summed E-state index contributed by atoms with van der Waals surface area (Å²) in [5.41, 5.74) is 2.26. The van der Waals surface area contributed by atoms with Gasteiger partial charge in [-0.25, -0.2) is 4.79 Å². The van der Waals surface area contributed by atoms with Crippen LogP contribution in [0, 0.1) is 11.8 Å². The van der Waals surface area contributed by atoms with Crippen molar-refractivity contribution in [2.75, 3.05) is 25.0 Å². The van der Waals surface area contributed by atoms with Gasteiger partial charge in [-0.2, -0.15) is 0 Å². The van der Waals surface area contributed by atoms with Crippen molar-refractivity contribution in [2.24, 2.45) is 11.8 Å². The fourth-order valence-electron chi connectivity index (χ4n) is 3.29. The number of nitrogens with one attached hydrogen (secondary N) is 1. The van der Waals surface area contributed by atoms with Crippen LogP contribution in [0.4, 0.5) is 10.5 Å². The molecule has 0 aromatic heterocycles. The maximum absolute atomic E-state index is 11.3. The van der Waals surface area contributed by atoms with Gasteiger partial charge in [-0.15, -0.1) is 0 Å². The summed E-state index contributed by atoms with van der Waals surface area (Å²) >= 11 is 5.91. The lowest BCUT2D eigenvalue weighted by Crippen LogP contribution is -2.27. The first-order valence-corrected chi connectivity index (χ1v) is 8.51. The van der Waals surface area contributed by atoms with E-state index < -0.39 is 6.09 Å². The molecule has 2 N–H and O–H groups in total. The van der Waals surface area contributed by atoms with E-state index >= 15 is 0 Å². The Morgan fingerprint density at radius 3 is 2.42 bits per heavy atom. The van der Waals surface area contributed by atoms with Crippen molar-refractivity contribution in [1.82, 2.24) is 4.90 Å². The molecule has 0 aliphatic carbocycles. The normalized spacial score (nSPS) is 20.1. The summed E-state index contributed by atoms with van der Waals surface area (Å²) < 4.78 is 0. The van der Waals surface area contributed by atoms with Gasteiger partial charge in [0.05, 0.1) is 0 Å². The molecule has 2 unspecified atom stereocenters. The first-order chi connectivity index (χ1) is 11.6. The summed E-state index contributed by atoms with van der Waals surface area (Å²) in [6.45, 7) is 1.92. The fourth-order valence-corrected chi connectivity index (χ4v) is 3.42. The maximum Gasteiger partial charge on any atom is 0.407 e. The molecule has 1 amide bonds. The van der Waals surface area contributed by atoms with E-state index in [1.807, 2.05) is 42.5 Å². The summed E-state index contributed by atoms with van der Waals surface area (Å²) in [4.78, 5) is 12.9. The standard InChI is InChI=1S/C19H21ClN2O2/c20-17-6-8-18(9-7-17)21-11-16-13-22(19(23)24)12-15(16)10-14-4-2-1-3-5-14/h1-9,15-16,21H,10-13H2,(H,23,24). The van der Waals surface area contributed by atoms with Crippen LogP contribution in [0.15, 0.2) is 54.6 Å². The molecule has 5 heteroatoms. The lowest BCUT2D eigenvalue weighted by molar-refractivity contribution is 0.153. The van der Waals surface area contributed by atoms with E-state index in [4.69, 9.17) is 11.6 Å². The van der Waals surface area contributed by atoms with Gasteiger partial charge < -0.3 is 15.3 Å². The zero-order valence-corrected chi connectivity index (χ0v) is 14.1. The predicted octanol–water partition coefficient (Wildman–Crippen LogP) is 4.22. The Morgan fingerprint density at radius 2 is 1.75 bits per heavy atom. The molecule has 3 rings (SSSR count). The topological polar surface area (TPSA) is 52.6 Å². The van der Waals surface area contributed by atoms with Gasteiger partial charge in [0.25, 0.3) is 0 Å². The van der Waals surface area contributed by atoms with Crippen LogP contribution in [0.1, 0.15) is 5.56 Å². The molecule has 126 valence electrons. The van der Waals surface area contributed by atoms with Crippen LogP contribution < -0.4 is 5.32 Å². The number of carboxylic acid groups (broad SMARTS) is 1. The second-order valence-corrected chi connectivity index (χ2v) is 6.72. The molecular weight excluding hydrogens is 324 g/mol. The van der Waals surface area contributed by atoms with Gasteiger partial charge in [0.1, 0.15) is 0 Å². The summed E-state index contributed by atoms with van der Waals surface area (Å²) in [5.74, 6) is 0.611. The van der Waals surface area contributed by atoms with Crippen molar-refractivity contribution in [1.29, 1.82) is 0 Å². The summed E-state index contributed by atoms with van der Waals surface area (Å²) in [7, 11) is 0. The number of carbonyl (C=O) groups is 1. The Balaban J connectivity index is 1.65. The summed E-state index contributed by atoms with van der Waals surface area (Å²) in [6, 6.07) is 17.9. The molecule has 4 nitrogen and oxygen atoms in total. The molecule has 24 heavy (non-hydrogen) atoms. The molecule has 2 atom stereocenters. The third kappa shape index (κ3) is 4.20. The number of rotatable bonds is 5. The molecule has 1 saturated heterocycles. The summed E-state index contributed by atoms with van der Waals surface area (Å²) in [5, 5.41) is 13.4. The van der Waals surface area contributed by atoms with E-state index in [-0.39, 0.29) is 5.92 Å². The van der Waals surface area contributed by atoms with Crippen LogP contribution in [-0.2, 0) is 6.42 Å². The van der Waals surface area contributed by atoms with Crippen LogP contribution >= 0.6 is 11.6 Å². The Hall–Kier alpha value is -2.20. The molecule has 1 fully saturated rings. The number of halogens is 1. The van der Waals surface area contributed by atoms with Gasteiger partial charge >= 0.3 is 6.09 Å². The zero-order chi connectivity index (χ0) is 16.9. The number of benzene rings is 2. The molecule has 2 aromatic rings. The van der Waals surface area contributed by atoms with Gasteiger partial charge in [0.2, 0.25) is 0 Å². The molecule has 1 aliphatic rings.